The molecule has 0 radical (unpaired) electrons. The van der Waals surface area contributed by atoms with E-state index in [0.717, 1.165) is 11.8 Å². The van der Waals surface area contributed by atoms with E-state index in [1.54, 1.807) is 29.0 Å². The quantitative estimate of drug-likeness (QED) is 0.634. The van der Waals surface area contributed by atoms with Crippen molar-refractivity contribution in [2.75, 3.05) is 5.75 Å². The largest absolute Gasteiger partial charge is 0.481 e. The Hall–Kier alpha value is -2.02. The lowest BCUT2D eigenvalue weighted by atomic mass is 10.4. The molecule has 2 heterocycles. The van der Waals surface area contributed by atoms with Crippen LogP contribution in [0.3, 0.4) is 0 Å². The summed E-state index contributed by atoms with van der Waals surface area (Å²) in [5, 5.41) is 17.2. The van der Waals surface area contributed by atoms with Crippen molar-refractivity contribution in [3.8, 4) is 11.6 Å². The molecule has 0 aliphatic rings. The van der Waals surface area contributed by atoms with Crippen LogP contribution < -0.4 is 0 Å². The first-order valence-corrected chi connectivity index (χ1v) is 6.13. The van der Waals surface area contributed by atoms with E-state index in [2.05, 4.69) is 16.8 Å². The highest BCUT2D eigenvalue weighted by Gasteiger charge is 2.16. The lowest BCUT2D eigenvalue weighted by Crippen LogP contribution is -2.03. The molecule has 0 bridgehead atoms. The molecule has 18 heavy (non-hydrogen) atoms. The van der Waals surface area contributed by atoms with E-state index in [1.807, 2.05) is 0 Å². The minimum atomic E-state index is -0.896. The summed E-state index contributed by atoms with van der Waals surface area (Å²) >= 11 is 1.11. The fraction of sp³-hybridized carbons (Fsp3) is 0.182. The van der Waals surface area contributed by atoms with Crippen LogP contribution in [0.2, 0.25) is 0 Å². The summed E-state index contributed by atoms with van der Waals surface area (Å²) in [6.07, 6.45) is 3.24. The van der Waals surface area contributed by atoms with Gasteiger partial charge in [0.05, 0.1) is 12.0 Å². The highest BCUT2D eigenvalue weighted by molar-refractivity contribution is 7.99. The number of nitrogens with zero attached hydrogens (tertiary/aromatic N) is 3. The summed E-state index contributed by atoms with van der Waals surface area (Å²) in [5.74, 6) is 0.194. The number of thioether (sulfide) groups is 1. The average Bonchev–Trinajstić information content (AvgIpc) is 2.95. The number of rotatable bonds is 6. The molecule has 2 aromatic heterocycles. The van der Waals surface area contributed by atoms with Gasteiger partial charge in [0.15, 0.2) is 10.9 Å². The van der Waals surface area contributed by atoms with E-state index in [-0.39, 0.29) is 5.75 Å². The fourth-order valence-corrected chi connectivity index (χ4v) is 2.07. The van der Waals surface area contributed by atoms with Gasteiger partial charge < -0.3 is 9.52 Å². The highest BCUT2D eigenvalue weighted by Crippen LogP contribution is 2.24. The molecule has 2 rings (SSSR count). The number of carboxylic acid groups (broad SMARTS) is 1. The molecule has 7 heteroatoms. The van der Waals surface area contributed by atoms with E-state index >= 15 is 0 Å². The molecule has 1 N–H and O–H groups in total. The first-order chi connectivity index (χ1) is 8.72. The van der Waals surface area contributed by atoms with Crippen molar-refractivity contribution in [3.63, 3.8) is 0 Å². The summed E-state index contributed by atoms with van der Waals surface area (Å²) in [5.41, 5.74) is 0. The molecule has 0 unspecified atom stereocenters. The van der Waals surface area contributed by atoms with Crippen LogP contribution in [0.4, 0.5) is 0 Å². The van der Waals surface area contributed by atoms with Crippen LogP contribution >= 0.6 is 11.8 Å². The Balaban J connectivity index is 2.31. The standard InChI is InChI=1S/C11H11N3O3S/c1-2-5-14-10(8-4-3-6-17-8)12-13-11(14)18-7-9(15)16/h2-4,6H,1,5,7H2,(H,15,16). The number of carbonyl (C=O) groups is 1. The Morgan fingerprint density at radius 2 is 2.44 bits per heavy atom. The van der Waals surface area contributed by atoms with E-state index in [1.165, 1.54) is 0 Å². The van der Waals surface area contributed by atoms with Crippen molar-refractivity contribution >= 4 is 17.7 Å². The molecular formula is C11H11N3O3S. The zero-order chi connectivity index (χ0) is 13.0. The first-order valence-electron chi connectivity index (χ1n) is 5.15. The van der Waals surface area contributed by atoms with Crippen molar-refractivity contribution in [1.82, 2.24) is 14.8 Å². The van der Waals surface area contributed by atoms with Gasteiger partial charge >= 0.3 is 5.97 Å². The van der Waals surface area contributed by atoms with E-state index < -0.39 is 5.97 Å². The maximum Gasteiger partial charge on any atom is 0.313 e. The van der Waals surface area contributed by atoms with Gasteiger partial charge in [-0.15, -0.1) is 16.8 Å². The molecule has 6 nitrogen and oxygen atoms in total. The van der Waals surface area contributed by atoms with Crippen LogP contribution in [-0.4, -0.2) is 31.6 Å². The second-order valence-corrected chi connectivity index (χ2v) is 4.31. The topological polar surface area (TPSA) is 81.2 Å². The highest BCUT2D eigenvalue weighted by atomic mass is 32.2. The minimum Gasteiger partial charge on any atom is -0.481 e. The van der Waals surface area contributed by atoms with Gasteiger partial charge in [-0.1, -0.05) is 17.8 Å². The molecule has 0 atom stereocenters. The number of aromatic nitrogens is 3. The molecular weight excluding hydrogens is 254 g/mol. The molecule has 0 saturated carbocycles. The average molecular weight is 265 g/mol. The number of hydrogen-bond donors (Lipinski definition) is 1. The minimum absolute atomic E-state index is 0.0621. The summed E-state index contributed by atoms with van der Waals surface area (Å²) in [6.45, 7) is 4.15. The SMILES string of the molecule is C=CCn1c(SCC(=O)O)nnc1-c1ccco1. The lowest BCUT2D eigenvalue weighted by molar-refractivity contribution is -0.133. The molecule has 0 aliphatic carbocycles. The monoisotopic (exact) mass is 265 g/mol. The van der Waals surface area contributed by atoms with Crippen LogP contribution in [0, 0.1) is 0 Å². The van der Waals surface area contributed by atoms with Gasteiger partial charge in [-0.25, -0.2) is 0 Å². The van der Waals surface area contributed by atoms with E-state index in [0.29, 0.717) is 23.3 Å². The zero-order valence-corrected chi connectivity index (χ0v) is 10.3. The van der Waals surface area contributed by atoms with Gasteiger partial charge in [0.2, 0.25) is 5.82 Å². The first kappa shape index (κ1) is 12.4. The third-order valence-electron chi connectivity index (χ3n) is 2.09. The molecule has 0 saturated heterocycles. The zero-order valence-electron chi connectivity index (χ0n) is 9.44. The van der Waals surface area contributed by atoms with Gasteiger partial charge in [0, 0.05) is 6.54 Å². The molecule has 0 amide bonds. The summed E-state index contributed by atoms with van der Waals surface area (Å²) in [4.78, 5) is 10.6. The van der Waals surface area contributed by atoms with Crippen molar-refractivity contribution < 1.29 is 14.3 Å². The van der Waals surface area contributed by atoms with E-state index in [4.69, 9.17) is 9.52 Å². The third-order valence-corrected chi connectivity index (χ3v) is 3.05. The van der Waals surface area contributed by atoms with Gasteiger partial charge in [-0.2, -0.15) is 0 Å². The number of allylic oxidation sites excluding steroid dienone is 1. The Labute approximate surface area is 107 Å². The molecule has 0 fully saturated rings. The van der Waals surface area contributed by atoms with Gasteiger partial charge in [-0.3, -0.25) is 9.36 Å². The fourth-order valence-electron chi connectivity index (χ4n) is 1.40. The third kappa shape index (κ3) is 2.62. The Morgan fingerprint density at radius 1 is 1.61 bits per heavy atom. The molecule has 0 aromatic carbocycles. The van der Waals surface area contributed by atoms with Crippen molar-refractivity contribution in [2.45, 2.75) is 11.7 Å². The van der Waals surface area contributed by atoms with Gasteiger partial charge in [-0.05, 0) is 12.1 Å². The molecule has 0 spiro atoms. The van der Waals surface area contributed by atoms with Crippen LogP contribution in [0.5, 0.6) is 0 Å². The predicted octanol–water partition coefficient (Wildman–Crippen LogP) is 1.90. The Kier molecular flexibility index (Phi) is 3.83. The molecule has 2 aromatic rings. The van der Waals surface area contributed by atoms with Crippen molar-refractivity contribution in [3.05, 3.63) is 31.1 Å². The van der Waals surface area contributed by atoms with Crippen LogP contribution in [0.1, 0.15) is 0 Å². The van der Waals surface area contributed by atoms with Gasteiger partial charge in [0.25, 0.3) is 0 Å². The van der Waals surface area contributed by atoms with Crippen LogP contribution in [0.15, 0.2) is 40.6 Å². The maximum absolute atomic E-state index is 10.6. The Bertz CT molecular complexity index is 548. The predicted molar refractivity (Wildman–Crippen MR) is 66.3 cm³/mol. The summed E-state index contributed by atoms with van der Waals surface area (Å²) in [6, 6.07) is 3.53. The summed E-state index contributed by atoms with van der Waals surface area (Å²) < 4.78 is 7.03. The number of aliphatic carboxylic acids is 1. The summed E-state index contributed by atoms with van der Waals surface area (Å²) in [7, 11) is 0. The second-order valence-electron chi connectivity index (χ2n) is 3.37. The van der Waals surface area contributed by atoms with Crippen LogP contribution in [-0.2, 0) is 11.3 Å². The second kappa shape index (κ2) is 5.54. The van der Waals surface area contributed by atoms with Crippen molar-refractivity contribution in [2.24, 2.45) is 0 Å². The molecule has 0 aliphatic heterocycles. The van der Waals surface area contributed by atoms with Crippen LogP contribution in [0.25, 0.3) is 11.6 Å². The number of carboxylic acids is 1. The number of hydrogen-bond acceptors (Lipinski definition) is 5. The number of furan rings is 1. The normalized spacial score (nSPS) is 10.4. The smallest absolute Gasteiger partial charge is 0.313 e. The van der Waals surface area contributed by atoms with E-state index in [9.17, 15) is 4.79 Å². The molecule has 94 valence electrons. The lowest BCUT2D eigenvalue weighted by Gasteiger charge is -2.04. The Morgan fingerprint density at radius 3 is 3.06 bits per heavy atom. The maximum atomic E-state index is 10.6. The van der Waals surface area contributed by atoms with Gasteiger partial charge in [0.1, 0.15) is 0 Å². The van der Waals surface area contributed by atoms with Crippen molar-refractivity contribution in [1.29, 1.82) is 0 Å².